The Hall–Kier alpha value is -0.500. The van der Waals surface area contributed by atoms with Gasteiger partial charge in [0.25, 0.3) is 0 Å². The van der Waals surface area contributed by atoms with E-state index in [0.29, 0.717) is 16.6 Å². The zero-order valence-corrected chi connectivity index (χ0v) is 10.8. The molecule has 1 N–H and O–H groups in total. The molecule has 1 saturated carbocycles. The first-order valence-electron chi connectivity index (χ1n) is 5.19. The zero-order chi connectivity index (χ0) is 12.5. The molecule has 1 fully saturated rings. The van der Waals surface area contributed by atoms with Gasteiger partial charge >= 0.3 is 6.18 Å². The quantitative estimate of drug-likeness (QED) is 0.924. The van der Waals surface area contributed by atoms with Crippen LogP contribution in [0.1, 0.15) is 24.3 Å². The van der Waals surface area contributed by atoms with Gasteiger partial charge in [-0.1, -0.05) is 11.3 Å². The highest BCUT2D eigenvalue weighted by atomic mass is 32.2. The Balaban J connectivity index is 1.94. The predicted molar refractivity (Wildman–Crippen MR) is 63.5 cm³/mol. The molecular formula is C9H12F3N3S2. The number of aromatic nitrogens is 2. The van der Waals surface area contributed by atoms with Gasteiger partial charge in [-0.3, -0.25) is 0 Å². The molecule has 1 aliphatic rings. The van der Waals surface area contributed by atoms with Crippen molar-refractivity contribution in [2.75, 3.05) is 11.6 Å². The summed E-state index contributed by atoms with van der Waals surface area (Å²) in [6.07, 6.45) is 0.715. The first-order valence-corrected chi connectivity index (χ1v) is 7.29. The van der Waals surface area contributed by atoms with Crippen LogP contribution in [0.2, 0.25) is 0 Å². The summed E-state index contributed by atoms with van der Waals surface area (Å²) in [6, 6.07) is 0.224. The molecule has 0 amide bonds. The maximum atomic E-state index is 12.3. The minimum absolute atomic E-state index is 0.224. The highest BCUT2D eigenvalue weighted by Gasteiger charge is 2.36. The molecular weight excluding hydrogens is 271 g/mol. The fourth-order valence-corrected chi connectivity index (χ4v) is 3.34. The van der Waals surface area contributed by atoms with Gasteiger partial charge in [0.2, 0.25) is 10.1 Å². The van der Waals surface area contributed by atoms with Crippen LogP contribution in [-0.4, -0.2) is 27.7 Å². The first kappa shape index (κ1) is 12.9. The molecule has 1 aliphatic carbocycles. The Bertz CT molecular complexity index is 380. The van der Waals surface area contributed by atoms with E-state index in [2.05, 4.69) is 21.8 Å². The Morgan fingerprint density at radius 3 is 2.65 bits per heavy atom. The minimum atomic E-state index is -4.39. The molecule has 2 rings (SSSR count). The Kier molecular flexibility index (Phi) is 3.82. The fourth-order valence-electron chi connectivity index (χ4n) is 1.86. The van der Waals surface area contributed by atoms with Crippen LogP contribution >= 0.6 is 23.1 Å². The van der Waals surface area contributed by atoms with Gasteiger partial charge in [0.05, 0.1) is 0 Å². The van der Waals surface area contributed by atoms with Gasteiger partial charge in [0, 0.05) is 11.3 Å². The summed E-state index contributed by atoms with van der Waals surface area (Å²) in [7, 11) is 0. The van der Waals surface area contributed by atoms with Crippen molar-refractivity contribution in [1.29, 1.82) is 0 Å². The van der Waals surface area contributed by atoms with E-state index in [1.165, 1.54) is 0 Å². The highest BCUT2D eigenvalue weighted by Crippen LogP contribution is 2.35. The maximum absolute atomic E-state index is 12.3. The number of halogens is 3. The molecule has 3 nitrogen and oxygen atoms in total. The molecule has 17 heavy (non-hydrogen) atoms. The third-order valence-corrected chi connectivity index (χ3v) is 4.71. The highest BCUT2D eigenvalue weighted by molar-refractivity contribution is 7.99. The van der Waals surface area contributed by atoms with Gasteiger partial charge in [-0.25, -0.2) is 0 Å². The molecule has 96 valence electrons. The number of hydrogen-bond donors (Lipinski definition) is 1. The van der Waals surface area contributed by atoms with Crippen LogP contribution in [0.15, 0.2) is 0 Å². The lowest BCUT2D eigenvalue weighted by atomic mass is 10.3. The summed E-state index contributed by atoms with van der Waals surface area (Å²) in [5.74, 6) is 0. The van der Waals surface area contributed by atoms with Crippen molar-refractivity contribution >= 4 is 28.2 Å². The number of alkyl halides is 3. The molecule has 0 aliphatic heterocycles. The molecule has 0 radical (unpaired) electrons. The second kappa shape index (κ2) is 5.01. The molecule has 1 heterocycles. The second-order valence-corrected chi connectivity index (χ2v) is 6.04. The monoisotopic (exact) mass is 283 g/mol. The zero-order valence-electron chi connectivity index (χ0n) is 9.12. The van der Waals surface area contributed by atoms with Crippen molar-refractivity contribution in [3.8, 4) is 0 Å². The summed E-state index contributed by atoms with van der Waals surface area (Å²) < 4.78 is 36.9. The molecule has 0 spiro atoms. The predicted octanol–water partition coefficient (Wildman–Crippen LogP) is 3.25. The number of hydrogen-bond acceptors (Lipinski definition) is 5. The molecule has 0 bridgehead atoms. The summed E-state index contributed by atoms with van der Waals surface area (Å²) in [5, 5.41) is 9.68. The summed E-state index contributed by atoms with van der Waals surface area (Å²) >= 11 is 2.37. The Morgan fingerprint density at radius 1 is 1.35 bits per heavy atom. The van der Waals surface area contributed by atoms with Crippen molar-refractivity contribution in [2.45, 2.75) is 36.7 Å². The lowest BCUT2D eigenvalue weighted by molar-refractivity contribution is -0.138. The molecule has 1 aromatic rings. The van der Waals surface area contributed by atoms with E-state index in [9.17, 15) is 13.2 Å². The number of nitrogens with zero attached hydrogens (tertiary/aromatic N) is 2. The van der Waals surface area contributed by atoms with Crippen LogP contribution < -0.4 is 5.32 Å². The largest absolute Gasteiger partial charge is 0.445 e. The normalized spacial score (nSPS) is 25.2. The lowest BCUT2D eigenvalue weighted by Crippen LogP contribution is -2.15. The van der Waals surface area contributed by atoms with Gasteiger partial charge in [-0.15, -0.1) is 10.2 Å². The van der Waals surface area contributed by atoms with Crippen molar-refractivity contribution in [1.82, 2.24) is 10.2 Å². The molecule has 8 heteroatoms. The summed E-state index contributed by atoms with van der Waals surface area (Å²) in [6.45, 7) is 0. The van der Waals surface area contributed by atoms with E-state index in [1.807, 2.05) is 0 Å². The topological polar surface area (TPSA) is 37.8 Å². The molecule has 0 aromatic carbocycles. The first-order chi connectivity index (χ1) is 7.99. The third-order valence-electron chi connectivity index (χ3n) is 2.71. The summed E-state index contributed by atoms with van der Waals surface area (Å²) in [4.78, 5) is 0. The third kappa shape index (κ3) is 3.25. The van der Waals surface area contributed by atoms with Gasteiger partial charge in [-0.2, -0.15) is 24.9 Å². The molecule has 1 aromatic heterocycles. The van der Waals surface area contributed by atoms with Crippen molar-refractivity contribution in [3.05, 3.63) is 5.01 Å². The molecule has 0 unspecified atom stereocenters. The van der Waals surface area contributed by atoms with E-state index >= 15 is 0 Å². The Labute approximate surface area is 105 Å². The standard InChI is InChI=1S/C9H12F3N3S2/c1-16-6-3-2-5(4-6)13-8-15-14-7(17-8)9(10,11)12/h5-6H,2-4H2,1H3,(H,13,15)/t5-,6+/m0/s1. The van der Waals surface area contributed by atoms with Crippen LogP contribution in [0.25, 0.3) is 0 Å². The molecule has 0 saturated heterocycles. The smallest absolute Gasteiger partial charge is 0.357 e. The van der Waals surface area contributed by atoms with Crippen molar-refractivity contribution in [2.24, 2.45) is 0 Å². The molecule has 2 atom stereocenters. The van der Waals surface area contributed by atoms with Gasteiger partial charge < -0.3 is 5.32 Å². The maximum Gasteiger partial charge on any atom is 0.445 e. The average Bonchev–Trinajstić information content (AvgIpc) is 2.86. The summed E-state index contributed by atoms with van der Waals surface area (Å²) in [5.41, 5.74) is 0. The SMILES string of the molecule is CS[C@@H]1CC[C@H](Nc2nnc(C(F)(F)F)s2)C1. The van der Waals surface area contributed by atoms with E-state index in [-0.39, 0.29) is 11.2 Å². The Morgan fingerprint density at radius 2 is 2.12 bits per heavy atom. The number of nitrogens with one attached hydrogen (secondary N) is 1. The van der Waals surface area contributed by atoms with E-state index in [4.69, 9.17) is 0 Å². The number of rotatable bonds is 3. The van der Waals surface area contributed by atoms with Gasteiger partial charge in [-0.05, 0) is 25.5 Å². The van der Waals surface area contributed by atoms with Crippen molar-refractivity contribution in [3.63, 3.8) is 0 Å². The van der Waals surface area contributed by atoms with Crippen LogP contribution in [0.3, 0.4) is 0 Å². The van der Waals surface area contributed by atoms with Crippen molar-refractivity contribution < 1.29 is 13.2 Å². The minimum Gasteiger partial charge on any atom is -0.357 e. The van der Waals surface area contributed by atoms with Crippen LogP contribution in [0, 0.1) is 0 Å². The van der Waals surface area contributed by atoms with Crippen LogP contribution in [-0.2, 0) is 6.18 Å². The van der Waals surface area contributed by atoms with Crippen LogP contribution in [0.5, 0.6) is 0 Å². The fraction of sp³-hybridized carbons (Fsp3) is 0.778. The van der Waals surface area contributed by atoms with E-state index in [0.717, 1.165) is 19.3 Å². The van der Waals surface area contributed by atoms with E-state index < -0.39 is 11.2 Å². The van der Waals surface area contributed by atoms with Gasteiger partial charge in [0.1, 0.15) is 0 Å². The van der Waals surface area contributed by atoms with Gasteiger partial charge in [0.15, 0.2) is 0 Å². The number of thioether (sulfide) groups is 1. The lowest BCUT2D eigenvalue weighted by Gasteiger charge is -2.10. The van der Waals surface area contributed by atoms with E-state index in [1.54, 1.807) is 11.8 Å². The van der Waals surface area contributed by atoms with Crippen LogP contribution in [0.4, 0.5) is 18.3 Å². The number of anilines is 1. The average molecular weight is 283 g/mol. The second-order valence-electron chi connectivity index (χ2n) is 3.92.